The molecule has 0 aliphatic heterocycles. The fraction of sp³-hybridized carbons (Fsp3) is 0.143. The zero-order valence-electron chi connectivity index (χ0n) is 5.44. The Balaban J connectivity index is 3.25. The molecule has 1 aromatic carbocycles. The summed E-state index contributed by atoms with van der Waals surface area (Å²) in [4.78, 5) is 0. The van der Waals surface area contributed by atoms with Gasteiger partial charge in [0.1, 0.15) is 5.82 Å². The molecular weight excluding hydrogens is 326 g/mol. The fourth-order valence-corrected chi connectivity index (χ4v) is 2.30. The highest BCUT2D eigenvalue weighted by Crippen LogP contribution is 2.22. The number of aliphatic hydroxyl groups excluding tert-OH is 1. The molecule has 0 saturated heterocycles. The van der Waals surface area contributed by atoms with Gasteiger partial charge in [-0.05, 0) is 34.7 Å². The van der Waals surface area contributed by atoms with Gasteiger partial charge in [-0.1, -0.05) is 15.9 Å². The lowest BCUT2D eigenvalue weighted by molar-refractivity contribution is 0.275. The monoisotopic (exact) mass is 330 g/mol. The molecule has 1 N–H and O–H groups in total. The van der Waals surface area contributed by atoms with Crippen molar-refractivity contribution in [2.45, 2.75) is 6.61 Å². The SMILES string of the molecule is OCc1c(F)cc(I)cc1Br. The van der Waals surface area contributed by atoms with E-state index in [0.717, 1.165) is 3.57 Å². The average molecular weight is 331 g/mol. The lowest BCUT2D eigenvalue weighted by atomic mass is 10.2. The largest absolute Gasteiger partial charge is 0.392 e. The van der Waals surface area contributed by atoms with E-state index >= 15 is 0 Å². The molecule has 4 heteroatoms. The minimum absolute atomic E-state index is 0.274. The van der Waals surface area contributed by atoms with Crippen LogP contribution in [0.1, 0.15) is 5.56 Å². The summed E-state index contributed by atoms with van der Waals surface area (Å²) >= 11 is 5.17. The Kier molecular flexibility index (Phi) is 3.27. The molecule has 0 heterocycles. The lowest BCUT2D eigenvalue weighted by Gasteiger charge is -2.02. The molecule has 0 spiro atoms. The summed E-state index contributed by atoms with van der Waals surface area (Å²) in [5, 5.41) is 8.72. The Bertz CT molecular complexity index is 254. The third kappa shape index (κ3) is 2.13. The van der Waals surface area contributed by atoms with Gasteiger partial charge in [-0.15, -0.1) is 0 Å². The van der Waals surface area contributed by atoms with Crippen molar-refractivity contribution in [2.24, 2.45) is 0 Å². The van der Waals surface area contributed by atoms with Gasteiger partial charge in [0.25, 0.3) is 0 Å². The van der Waals surface area contributed by atoms with Crippen LogP contribution < -0.4 is 0 Å². The van der Waals surface area contributed by atoms with E-state index in [9.17, 15) is 4.39 Å². The predicted molar refractivity (Wildman–Crippen MR) is 52.7 cm³/mol. The van der Waals surface area contributed by atoms with Crippen LogP contribution in [0.15, 0.2) is 16.6 Å². The van der Waals surface area contributed by atoms with Gasteiger partial charge >= 0.3 is 0 Å². The van der Waals surface area contributed by atoms with Gasteiger partial charge in [0.2, 0.25) is 0 Å². The van der Waals surface area contributed by atoms with Gasteiger partial charge in [0.05, 0.1) is 6.61 Å². The van der Waals surface area contributed by atoms with Crippen LogP contribution in [0, 0.1) is 9.39 Å². The average Bonchev–Trinajstić information content (AvgIpc) is 1.85. The van der Waals surface area contributed by atoms with Gasteiger partial charge in [-0.3, -0.25) is 0 Å². The van der Waals surface area contributed by atoms with E-state index in [1.165, 1.54) is 6.07 Å². The molecule has 0 radical (unpaired) electrons. The predicted octanol–water partition coefficient (Wildman–Crippen LogP) is 2.69. The summed E-state index contributed by atoms with van der Waals surface area (Å²) in [7, 11) is 0. The van der Waals surface area contributed by atoms with E-state index in [4.69, 9.17) is 5.11 Å². The van der Waals surface area contributed by atoms with E-state index in [0.29, 0.717) is 10.0 Å². The molecule has 0 unspecified atom stereocenters. The zero-order chi connectivity index (χ0) is 8.43. The number of halogens is 3. The van der Waals surface area contributed by atoms with Crippen molar-refractivity contribution >= 4 is 38.5 Å². The summed E-state index contributed by atoms with van der Waals surface area (Å²) in [6.07, 6.45) is 0. The molecule has 0 fully saturated rings. The Labute approximate surface area is 85.9 Å². The summed E-state index contributed by atoms with van der Waals surface area (Å²) in [6.45, 7) is -0.274. The van der Waals surface area contributed by atoms with Crippen LogP contribution in [0.25, 0.3) is 0 Å². The Hall–Kier alpha value is 0.320. The molecule has 0 amide bonds. The standard InChI is InChI=1S/C7H5BrFIO/c8-6-1-4(10)2-7(9)5(6)3-11/h1-2,11H,3H2. The molecule has 1 aromatic rings. The summed E-state index contributed by atoms with van der Waals surface area (Å²) < 4.78 is 14.3. The highest BCUT2D eigenvalue weighted by Gasteiger charge is 2.06. The molecule has 0 aromatic heterocycles. The normalized spacial score (nSPS) is 10.2. The van der Waals surface area contributed by atoms with Crippen molar-refractivity contribution in [3.63, 3.8) is 0 Å². The van der Waals surface area contributed by atoms with Crippen LogP contribution in [-0.2, 0) is 6.61 Å². The molecule has 11 heavy (non-hydrogen) atoms. The Morgan fingerprint density at radius 3 is 2.64 bits per heavy atom. The zero-order valence-corrected chi connectivity index (χ0v) is 9.19. The third-order valence-corrected chi connectivity index (χ3v) is 2.59. The first-order valence-electron chi connectivity index (χ1n) is 2.89. The van der Waals surface area contributed by atoms with Crippen LogP contribution in [0.2, 0.25) is 0 Å². The topological polar surface area (TPSA) is 20.2 Å². The number of rotatable bonds is 1. The molecule has 0 atom stereocenters. The first-order chi connectivity index (χ1) is 5.15. The fourth-order valence-electron chi connectivity index (χ4n) is 0.723. The smallest absolute Gasteiger partial charge is 0.130 e. The van der Waals surface area contributed by atoms with E-state index in [2.05, 4.69) is 15.9 Å². The minimum atomic E-state index is -0.369. The number of hydrogen-bond donors (Lipinski definition) is 1. The highest BCUT2D eigenvalue weighted by molar-refractivity contribution is 14.1. The number of hydrogen-bond acceptors (Lipinski definition) is 1. The molecule has 0 aliphatic carbocycles. The molecule has 0 aliphatic rings. The van der Waals surface area contributed by atoms with Crippen molar-refractivity contribution in [1.82, 2.24) is 0 Å². The second-order valence-corrected chi connectivity index (χ2v) is 4.11. The van der Waals surface area contributed by atoms with E-state index in [-0.39, 0.29) is 12.4 Å². The molecule has 1 nitrogen and oxygen atoms in total. The minimum Gasteiger partial charge on any atom is -0.392 e. The second-order valence-electron chi connectivity index (χ2n) is 2.01. The Morgan fingerprint density at radius 1 is 1.55 bits per heavy atom. The van der Waals surface area contributed by atoms with Crippen LogP contribution in [0.4, 0.5) is 4.39 Å². The summed E-state index contributed by atoms with van der Waals surface area (Å²) in [6, 6.07) is 3.14. The molecular formula is C7H5BrFIO. The van der Waals surface area contributed by atoms with Crippen molar-refractivity contribution in [2.75, 3.05) is 0 Å². The van der Waals surface area contributed by atoms with Crippen LogP contribution in [0.5, 0.6) is 0 Å². The first kappa shape index (κ1) is 9.41. The molecule has 60 valence electrons. The molecule has 0 saturated carbocycles. The second kappa shape index (κ2) is 3.82. The number of aliphatic hydroxyl groups is 1. The van der Waals surface area contributed by atoms with E-state index < -0.39 is 0 Å². The number of benzene rings is 1. The summed E-state index contributed by atoms with van der Waals surface area (Å²) in [5.74, 6) is -0.369. The van der Waals surface area contributed by atoms with Crippen LogP contribution in [-0.4, -0.2) is 5.11 Å². The van der Waals surface area contributed by atoms with Gasteiger partial charge in [0, 0.05) is 13.6 Å². The first-order valence-corrected chi connectivity index (χ1v) is 4.76. The van der Waals surface area contributed by atoms with Crippen molar-refractivity contribution < 1.29 is 9.50 Å². The molecule has 0 bridgehead atoms. The van der Waals surface area contributed by atoms with Gasteiger partial charge in [-0.2, -0.15) is 0 Å². The third-order valence-electron chi connectivity index (χ3n) is 1.26. The Morgan fingerprint density at radius 2 is 2.18 bits per heavy atom. The lowest BCUT2D eigenvalue weighted by Crippen LogP contribution is -1.92. The van der Waals surface area contributed by atoms with Gasteiger partial charge in [-0.25, -0.2) is 4.39 Å². The maximum atomic E-state index is 12.9. The maximum Gasteiger partial charge on any atom is 0.130 e. The van der Waals surface area contributed by atoms with Crippen LogP contribution >= 0.6 is 38.5 Å². The molecule has 1 rings (SSSR count). The van der Waals surface area contributed by atoms with E-state index in [1.54, 1.807) is 6.07 Å². The summed E-state index contributed by atoms with van der Waals surface area (Å²) in [5.41, 5.74) is 0.311. The van der Waals surface area contributed by atoms with Crippen LogP contribution in [0.3, 0.4) is 0 Å². The van der Waals surface area contributed by atoms with E-state index in [1.807, 2.05) is 22.6 Å². The van der Waals surface area contributed by atoms with Crippen molar-refractivity contribution in [3.8, 4) is 0 Å². The maximum absolute atomic E-state index is 12.9. The quantitative estimate of drug-likeness (QED) is 0.785. The van der Waals surface area contributed by atoms with Gasteiger partial charge in [0.15, 0.2) is 0 Å². The van der Waals surface area contributed by atoms with Crippen molar-refractivity contribution in [1.29, 1.82) is 0 Å². The highest BCUT2D eigenvalue weighted by atomic mass is 127. The van der Waals surface area contributed by atoms with Gasteiger partial charge < -0.3 is 5.11 Å². The van der Waals surface area contributed by atoms with Crippen molar-refractivity contribution in [3.05, 3.63) is 31.6 Å².